The van der Waals surface area contributed by atoms with Gasteiger partial charge in [-0.3, -0.25) is 4.79 Å². The highest BCUT2D eigenvalue weighted by Crippen LogP contribution is 2.50. The number of aliphatic hydroxyl groups is 1. The molecule has 0 amide bonds. The summed E-state index contributed by atoms with van der Waals surface area (Å²) >= 11 is 0. The number of hydrogen-bond donors (Lipinski definition) is 1. The number of carbonyl (C=O) groups is 2. The molecule has 5 aliphatic rings. The van der Waals surface area contributed by atoms with Crippen LogP contribution >= 0.6 is 0 Å². The van der Waals surface area contributed by atoms with E-state index in [4.69, 9.17) is 9.16 Å². The van der Waals surface area contributed by atoms with Gasteiger partial charge in [-0.25, -0.2) is 4.79 Å². The number of hydrogen-bond acceptors (Lipinski definition) is 5. The topological polar surface area (TPSA) is 72.8 Å². The van der Waals surface area contributed by atoms with E-state index in [0.29, 0.717) is 6.42 Å². The molecule has 172 valence electrons. The Morgan fingerprint density at radius 2 is 1.77 bits per heavy atom. The molecule has 0 aromatic rings. The van der Waals surface area contributed by atoms with E-state index in [1.807, 2.05) is 6.08 Å². The van der Waals surface area contributed by atoms with Crippen molar-refractivity contribution in [1.29, 1.82) is 0 Å². The first-order valence-corrected chi connectivity index (χ1v) is 14.8. The van der Waals surface area contributed by atoms with Crippen molar-refractivity contribution in [2.24, 2.45) is 29.6 Å². The third-order valence-electron chi connectivity index (χ3n) is 8.66. The summed E-state index contributed by atoms with van der Waals surface area (Å²) in [7, 11) is -1.85. The minimum absolute atomic E-state index is 0.0115. The molecule has 31 heavy (non-hydrogen) atoms. The zero-order chi connectivity index (χ0) is 22.3. The van der Waals surface area contributed by atoms with Crippen molar-refractivity contribution in [2.75, 3.05) is 0 Å². The van der Waals surface area contributed by atoms with Crippen LogP contribution < -0.4 is 0 Å². The predicted molar refractivity (Wildman–Crippen MR) is 122 cm³/mol. The molecule has 0 aromatic heterocycles. The van der Waals surface area contributed by atoms with Crippen molar-refractivity contribution >= 4 is 20.1 Å². The lowest BCUT2D eigenvalue weighted by Gasteiger charge is -2.41. The van der Waals surface area contributed by atoms with Crippen LogP contribution in [-0.2, 0) is 18.8 Å². The second-order valence-corrected chi connectivity index (χ2v) is 15.0. The summed E-state index contributed by atoms with van der Waals surface area (Å²) in [6, 6.07) is 3.22. The predicted octanol–water partition coefficient (Wildman–Crippen LogP) is 4.42. The first-order chi connectivity index (χ1) is 14.8. The van der Waals surface area contributed by atoms with Crippen LogP contribution in [0.4, 0.5) is 0 Å². The highest BCUT2D eigenvalue weighted by atomic mass is 28.4. The Labute approximate surface area is 187 Å². The summed E-state index contributed by atoms with van der Waals surface area (Å²) in [5, 5.41) is 10.7. The Kier molecular flexibility index (Phi) is 6.62. The average molecular weight is 447 g/mol. The van der Waals surface area contributed by atoms with E-state index >= 15 is 0 Å². The van der Waals surface area contributed by atoms with Crippen molar-refractivity contribution in [1.82, 2.24) is 0 Å². The number of ketones is 1. The van der Waals surface area contributed by atoms with Crippen LogP contribution in [0.3, 0.4) is 0 Å². The lowest BCUT2D eigenvalue weighted by atomic mass is 9.68. The molecule has 0 unspecified atom stereocenters. The summed E-state index contributed by atoms with van der Waals surface area (Å²) in [4.78, 5) is 25.6. The van der Waals surface area contributed by atoms with Gasteiger partial charge < -0.3 is 14.3 Å². The lowest BCUT2D eigenvalue weighted by molar-refractivity contribution is -0.152. The maximum absolute atomic E-state index is 12.9. The second-order valence-electron chi connectivity index (χ2n) is 10.3. The van der Waals surface area contributed by atoms with Crippen LogP contribution in [0.25, 0.3) is 0 Å². The van der Waals surface area contributed by atoms with Crippen molar-refractivity contribution in [3.63, 3.8) is 0 Å². The highest BCUT2D eigenvalue weighted by Gasteiger charge is 2.48. The van der Waals surface area contributed by atoms with E-state index in [9.17, 15) is 14.7 Å². The Bertz CT molecular complexity index is 742. The molecular formula is C25H38O5Si. The fraction of sp³-hybridized carbons (Fsp3) is 0.760. The SMILES string of the molecule is CC[Si](CC)(CC)O[C@H]1C[C@@H]2CC(=O)C(=C[C@@H]3[C@H]4C[C@@H](C)[C@H](O)[C@H]4C=C[C@@H]3C1)C(=O)O2. The molecule has 0 spiro atoms. The van der Waals surface area contributed by atoms with E-state index in [2.05, 4.69) is 39.8 Å². The van der Waals surface area contributed by atoms with Gasteiger partial charge in [0.2, 0.25) is 0 Å². The molecule has 3 aliphatic carbocycles. The van der Waals surface area contributed by atoms with Gasteiger partial charge in [0, 0.05) is 24.9 Å². The summed E-state index contributed by atoms with van der Waals surface area (Å²) in [5.74, 6) is 0.269. The summed E-state index contributed by atoms with van der Waals surface area (Å²) in [6.45, 7) is 8.79. The summed E-state index contributed by atoms with van der Waals surface area (Å²) in [5.41, 5.74) is 0.230. The Balaban J connectivity index is 1.71. The molecule has 2 heterocycles. The summed E-state index contributed by atoms with van der Waals surface area (Å²) < 4.78 is 12.6. The quantitative estimate of drug-likeness (QED) is 0.293. The standard InChI is InChI=1S/C25H38O5Si/c1-5-31(6-2,7-3)30-18-11-16-8-9-19-21(10-15(4)24(19)27)20(16)14-22-23(26)13-17(12-18)29-25(22)28/h8-9,14-21,24,27H,5-7,10-13H2,1-4H3/t15-,16-,17-,18-,19+,20+,21+,24+/m1/s1. The molecular weight excluding hydrogens is 408 g/mol. The third kappa shape index (κ3) is 4.23. The van der Waals surface area contributed by atoms with Gasteiger partial charge >= 0.3 is 5.97 Å². The molecule has 1 saturated carbocycles. The minimum atomic E-state index is -1.85. The van der Waals surface area contributed by atoms with Gasteiger partial charge in [-0.1, -0.05) is 45.9 Å². The molecule has 2 bridgehead atoms. The van der Waals surface area contributed by atoms with Gasteiger partial charge in [-0.15, -0.1) is 0 Å². The maximum Gasteiger partial charge on any atom is 0.341 e. The first kappa shape index (κ1) is 22.9. The molecule has 6 heteroatoms. The van der Waals surface area contributed by atoms with Crippen LogP contribution in [-0.4, -0.2) is 43.5 Å². The van der Waals surface area contributed by atoms with Crippen molar-refractivity contribution in [3.05, 3.63) is 23.8 Å². The van der Waals surface area contributed by atoms with Crippen molar-refractivity contribution in [3.8, 4) is 0 Å². The number of fused-ring (bicyclic) bond motifs is 5. The van der Waals surface area contributed by atoms with E-state index < -0.39 is 14.3 Å². The number of carbonyl (C=O) groups excluding carboxylic acids is 2. The zero-order valence-electron chi connectivity index (χ0n) is 19.4. The number of esters is 1. The largest absolute Gasteiger partial charge is 0.458 e. The molecule has 1 N–H and O–H groups in total. The zero-order valence-corrected chi connectivity index (χ0v) is 20.4. The van der Waals surface area contributed by atoms with E-state index in [1.165, 1.54) is 0 Å². The maximum atomic E-state index is 12.9. The van der Waals surface area contributed by atoms with Gasteiger partial charge in [-0.2, -0.15) is 0 Å². The average Bonchev–Trinajstić information content (AvgIpc) is 3.04. The highest BCUT2D eigenvalue weighted by molar-refractivity contribution is 6.73. The molecule has 2 fully saturated rings. The van der Waals surface area contributed by atoms with Crippen LogP contribution in [0.5, 0.6) is 0 Å². The molecule has 5 nitrogen and oxygen atoms in total. The fourth-order valence-corrected chi connectivity index (χ4v) is 9.44. The molecule has 5 rings (SSSR count). The second kappa shape index (κ2) is 8.95. The molecule has 1 saturated heterocycles. The number of Topliss-reactive ketones (excluding diaryl/α,β-unsaturated/α-hetero) is 1. The van der Waals surface area contributed by atoms with E-state index in [1.54, 1.807) is 0 Å². The number of allylic oxidation sites excluding steroid dienone is 2. The van der Waals surface area contributed by atoms with E-state index in [0.717, 1.165) is 31.0 Å². The van der Waals surface area contributed by atoms with Gasteiger partial charge in [0.25, 0.3) is 0 Å². The van der Waals surface area contributed by atoms with Gasteiger partial charge in [0.05, 0.1) is 11.7 Å². The number of ether oxygens (including phenoxy) is 1. The smallest absolute Gasteiger partial charge is 0.341 e. The van der Waals surface area contributed by atoms with Gasteiger partial charge in [0.15, 0.2) is 14.1 Å². The molecule has 8 atom stereocenters. The van der Waals surface area contributed by atoms with Crippen molar-refractivity contribution in [2.45, 2.75) is 89.8 Å². The van der Waals surface area contributed by atoms with Gasteiger partial charge in [0.1, 0.15) is 6.10 Å². The lowest BCUT2D eigenvalue weighted by Crippen LogP contribution is -2.45. The minimum Gasteiger partial charge on any atom is -0.458 e. The molecule has 0 aromatic carbocycles. The number of rotatable bonds is 5. The van der Waals surface area contributed by atoms with Crippen LogP contribution in [0.15, 0.2) is 23.8 Å². The van der Waals surface area contributed by atoms with Crippen LogP contribution in [0.1, 0.15) is 53.4 Å². The first-order valence-electron chi connectivity index (χ1n) is 12.3. The van der Waals surface area contributed by atoms with E-state index in [-0.39, 0.29) is 65.7 Å². The summed E-state index contributed by atoms with van der Waals surface area (Å²) in [6.07, 6.45) is 8.24. The monoisotopic (exact) mass is 446 g/mol. The van der Waals surface area contributed by atoms with Gasteiger partial charge in [-0.05, 0) is 54.6 Å². The normalized spacial score (nSPS) is 40.2. The Morgan fingerprint density at radius 1 is 1.06 bits per heavy atom. The number of aliphatic hydroxyl groups excluding tert-OH is 1. The molecule has 0 radical (unpaired) electrons. The fourth-order valence-electron chi connectivity index (χ4n) is 6.54. The Morgan fingerprint density at radius 3 is 2.42 bits per heavy atom. The van der Waals surface area contributed by atoms with Crippen LogP contribution in [0.2, 0.25) is 18.1 Å². The Hall–Kier alpha value is -1.24. The van der Waals surface area contributed by atoms with Crippen LogP contribution in [0, 0.1) is 29.6 Å². The molecule has 2 aliphatic heterocycles. The van der Waals surface area contributed by atoms with Crippen molar-refractivity contribution < 1.29 is 23.9 Å². The third-order valence-corrected chi connectivity index (χ3v) is 13.4.